The van der Waals surface area contributed by atoms with Crippen molar-refractivity contribution in [1.29, 1.82) is 0 Å². The Kier molecular flexibility index (Phi) is 2.82. The Morgan fingerprint density at radius 1 is 1.18 bits per heavy atom. The van der Waals surface area contributed by atoms with Gasteiger partial charge in [-0.3, -0.25) is 0 Å². The topological polar surface area (TPSA) is 20.2 Å². The first-order valence-corrected chi connectivity index (χ1v) is 4.15. The molecular formula is C8H14F2O. The van der Waals surface area contributed by atoms with E-state index in [-0.39, 0.29) is 0 Å². The van der Waals surface area contributed by atoms with Crippen molar-refractivity contribution in [2.75, 3.05) is 6.61 Å². The Balaban J connectivity index is 2.43. The molecule has 1 fully saturated rings. The molecule has 0 spiro atoms. The van der Waals surface area contributed by atoms with Crippen LogP contribution in [0, 0.1) is 5.92 Å². The molecule has 1 rings (SSSR count). The van der Waals surface area contributed by atoms with Gasteiger partial charge in [0.05, 0.1) is 0 Å². The lowest BCUT2D eigenvalue weighted by molar-refractivity contribution is -0.107. The van der Waals surface area contributed by atoms with E-state index in [0.29, 0.717) is 12.8 Å². The second-order valence-electron chi connectivity index (χ2n) is 3.25. The Hall–Kier alpha value is -0.180. The lowest BCUT2D eigenvalue weighted by Gasteiger charge is -2.28. The van der Waals surface area contributed by atoms with Gasteiger partial charge >= 0.3 is 0 Å². The minimum absolute atomic E-state index is 0.568. The zero-order valence-corrected chi connectivity index (χ0v) is 6.52. The summed E-state index contributed by atoms with van der Waals surface area (Å²) in [6.45, 7) is -0.988. The van der Waals surface area contributed by atoms with Crippen molar-refractivity contribution in [3.05, 3.63) is 0 Å². The Bertz CT molecular complexity index is 119. The van der Waals surface area contributed by atoms with Crippen LogP contribution in [-0.4, -0.2) is 17.6 Å². The standard InChI is InChI=1S/C8H14F2O/c9-8(10,6-11)7-4-2-1-3-5-7/h7,11H,1-6H2. The molecule has 1 N–H and O–H groups in total. The lowest BCUT2D eigenvalue weighted by atomic mass is 9.85. The third-order valence-electron chi connectivity index (χ3n) is 2.41. The molecule has 0 amide bonds. The molecule has 0 saturated heterocycles. The number of halogens is 2. The van der Waals surface area contributed by atoms with Gasteiger partial charge in [-0.2, -0.15) is 0 Å². The average molecular weight is 164 g/mol. The normalized spacial score (nSPS) is 22.1. The summed E-state index contributed by atoms with van der Waals surface area (Å²) in [4.78, 5) is 0. The Morgan fingerprint density at radius 3 is 2.18 bits per heavy atom. The number of aliphatic hydroxyl groups excluding tert-OH is 1. The molecule has 66 valence electrons. The molecule has 1 aliphatic carbocycles. The van der Waals surface area contributed by atoms with Crippen LogP contribution in [0.2, 0.25) is 0 Å². The van der Waals surface area contributed by atoms with E-state index >= 15 is 0 Å². The third kappa shape index (κ3) is 2.12. The summed E-state index contributed by atoms with van der Waals surface area (Å²) in [5.74, 6) is -3.40. The molecular weight excluding hydrogens is 150 g/mol. The van der Waals surface area contributed by atoms with E-state index in [1.165, 1.54) is 0 Å². The largest absolute Gasteiger partial charge is 0.390 e. The quantitative estimate of drug-likeness (QED) is 0.663. The molecule has 3 heteroatoms. The SMILES string of the molecule is OCC(F)(F)C1CCCCC1. The highest BCUT2D eigenvalue weighted by Gasteiger charge is 2.38. The average Bonchev–Trinajstić information content (AvgIpc) is 2.06. The van der Waals surface area contributed by atoms with Gasteiger partial charge in [-0.15, -0.1) is 0 Å². The maximum atomic E-state index is 12.8. The van der Waals surface area contributed by atoms with Crippen LogP contribution < -0.4 is 0 Å². The Labute approximate surface area is 65.4 Å². The van der Waals surface area contributed by atoms with E-state index < -0.39 is 18.4 Å². The molecule has 1 saturated carbocycles. The van der Waals surface area contributed by atoms with Gasteiger partial charge < -0.3 is 5.11 Å². The summed E-state index contributed by atoms with van der Waals surface area (Å²) >= 11 is 0. The number of alkyl halides is 2. The van der Waals surface area contributed by atoms with Crippen molar-refractivity contribution in [2.24, 2.45) is 5.92 Å². The van der Waals surface area contributed by atoms with Gasteiger partial charge in [0, 0.05) is 5.92 Å². The first-order valence-electron chi connectivity index (χ1n) is 4.15. The molecule has 0 unspecified atom stereocenters. The number of rotatable bonds is 2. The number of hydrogen-bond donors (Lipinski definition) is 1. The van der Waals surface area contributed by atoms with Crippen molar-refractivity contribution in [2.45, 2.75) is 38.0 Å². The fourth-order valence-electron chi connectivity index (χ4n) is 1.65. The Morgan fingerprint density at radius 2 is 1.73 bits per heavy atom. The summed E-state index contributed by atoms with van der Waals surface area (Å²) in [7, 11) is 0. The summed E-state index contributed by atoms with van der Waals surface area (Å²) in [6, 6.07) is 0. The van der Waals surface area contributed by atoms with E-state index in [2.05, 4.69) is 0 Å². The molecule has 0 heterocycles. The molecule has 11 heavy (non-hydrogen) atoms. The van der Waals surface area contributed by atoms with Gasteiger partial charge in [0.1, 0.15) is 6.61 Å². The predicted octanol–water partition coefficient (Wildman–Crippen LogP) is 2.19. The fourth-order valence-corrected chi connectivity index (χ4v) is 1.65. The molecule has 0 aliphatic heterocycles. The van der Waals surface area contributed by atoms with Gasteiger partial charge in [-0.05, 0) is 12.8 Å². The predicted molar refractivity (Wildman–Crippen MR) is 38.6 cm³/mol. The molecule has 0 aromatic rings. The van der Waals surface area contributed by atoms with Crippen LogP contribution in [0.5, 0.6) is 0 Å². The van der Waals surface area contributed by atoms with E-state index in [4.69, 9.17) is 5.11 Å². The minimum Gasteiger partial charge on any atom is -0.390 e. The first kappa shape index (κ1) is 8.91. The minimum atomic E-state index is -2.83. The van der Waals surface area contributed by atoms with Crippen LogP contribution in [0.4, 0.5) is 8.78 Å². The van der Waals surface area contributed by atoms with Crippen LogP contribution >= 0.6 is 0 Å². The van der Waals surface area contributed by atoms with Crippen molar-refractivity contribution >= 4 is 0 Å². The number of hydrogen-bond acceptors (Lipinski definition) is 1. The highest BCUT2D eigenvalue weighted by Crippen LogP contribution is 2.35. The first-order chi connectivity index (χ1) is 5.17. The van der Waals surface area contributed by atoms with Crippen LogP contribution in [0.1, 0.15) is 32.1 Å². The van der Waals surface area contributed by atoms with Gasteiger partial charge in [0.25, 0.3) is 5.92 Å². The fraction of sp³-hybridized carbons (Fsp3) is 1.00. The summed E-state index contributed by atoms with van der Waals surface area (Å²) < 4.78 is 25.6. The zero-order chi connectivity index (χ0) is 8.32. The van der Waals surface area contributed by atoms with Crippen molar-refractivity contribution in [1.82, 2.24) is 0 Å². The summed E-state index contributed by atoms with van der Waals surface area (Å²) in [5.41, 5.74) is 0. The number of aliphatic hydroxyl groups is 1. The molecule has 1 nitrogen and oxygen atoms in total. The summed E-state index contributed by atoms with van der Waals surface area (Å²) in [5, 5.41) is 8.40. The van der Waals surface area contributed by atoms with Crippen LogP contribution in [0.15, 0.2) is 0 Å². The molecule has 1 aliphatic rings. The monoisotopic (exact) mass is 164 g/mol. The zero-order valence-electron chi connectivity index (χ0n) is 6.52. The van der Waals surface area contributed by atoms with Gasteiger partial charge in [0.2, 0.25) is 0 Å². The van der Waals surface area contributed by atoms with Crippen LogP contribution in [-0.2, 0) is 0 Å². The van der Waals surface area contributed by atoms with Gasteiger partial charge in [-0.1, -0.05) is 19.3 Å². The smallest absolute Gasteiger partial charge is 0.273 e. The van der Waals surface area contributed by atoms with Crippen LogP contribution in [0.3, 0.4) is 0 Å². The maximum Gasteiger partial charge on any atom is 0.273 e. The van der Waals surface area contributed by atoms with E-state index in [1.807, 2.05) is 0 Å². The molecule has 0 bridgehead atoms. The second-order valence-corrected chi connectivity index (χ2v) is 3.25. The molecule has 0 aromatic heterocycles. The van der Waals surface area contributed by atoms with Crippen LogP contribution in [0.25, 0.3) is 0 Å². The van der Waals surface area contributed by atoms with E-state index in [1.54, 1.807) is 0 Å². The maximum absolute atomic E-state index is 12.8. The summed E-state index contributed by atoms with van der Waals surface area (Å²) in [6.07, 6.45) is 4.00. The van der Waals surface area contributed by atoms with E-state index in [0.717, 1.165) is 19.3 Å². The van der Waals surface area contributed by atoms with Gasteiger partial charge in [0.15, 0.2) is 0 Å². The van der Waals surface area contributed by atoms with Crippen molar-refractivity contribution in [3.63, 3.8) is 0 Å². The third-order valence-corrected chi connectivity index (χ3v) is 2.41. The molecule has 0 atom stereocenters. The highest BCUT2D eigenvalue weighted by molar-refractivity contribution is 4.78. The second kappa shape index (κ2) is 3.48. The van der Waals surface area contributed by atoms with Gasteiger partial charge in [-0.25, -0.2) is 8.78 Å². The highest BCUT2D eigenvalue weighted by atomic mass is 19.3. The van der Waals surface area contributed by atoms with E-state index in [9.17, 15) is 8.78 Å². The van der Waals surface area contributed by atoms with Crippen molar-refractivity contribution < 1.29 is 13.9 Å². The lowest BCUT2D eigenvalue weighted by Crippen LogP contribution is -2.33. The van der Waals surface area contributed by atoms with Crippen molar-refractivity contribution in [3.8, 4) is 0 Å². The molecule has 0 radical (unpaired) electrons. The molecule has 0 aromatic carbocycles.